The molecular formula is C18H29N. The number of fused-ring (bicyclic) bond motifs is 1. The minimum Gasteiger partial charge on any atom is -0.314 e. The molecule has 1 heteroatoms. The molecule has 0 aromatic heterocycles. The molecule has 0 saturated heterocycles. The summed E-state index contributed by atoms with van der Waals surface area (Å²) >= 11 is 0. The average Bonchev–Trinajstić information content (AvgIpc) is 2.85. The highest BCUT2D eigenvalue weighted by Gasteiger charge is 2.13. The number of hydrogen-bond donors (Lipinski definition) is 1. The van der Waals surface area contributed by atoms with E-state index < -0.39 is 0 Å². The molecule has 1 aromatic carbocycles. The summed E-state index contributed by atoms with van der Waals surface area (Å²) in [7, 11) is 0. The Morgan fingerprint density at radius 3 is 2.68 bits per heavy atom. The van der Waals surface area contributed by atoms with E-state index in [1.165, 1.54) is 38.5 Å². The van der Waals surface area contributed by atoms with Gasteiger partial charge in [-0.1, -0.05) is 39.0 Å². The molecule has 0 fully saturated rings. The van der Waals surface area contributed by atoms with Crippen molar-refractivity contribution in [3.63, 3.8) is 0 Å². The van der Waals surface area contributed by atoms with Gasteiger partial charge in [-0.3, -0.25) is 0 Å². The zero-order valence-corrected chi connectivity index (χ0v) is 12.8. The summed E-state index contributed by atoms with van der Waals surface area (Å²) in [6.45, 7) is 7.93. The fourth-order valence-corrected chi connectivity index (χ4v) is 3.24. The van der Waals surface area contributed by atoms with Crippen molar-refractivity contribution < 1.29 is 0 Å². The molecule has 0 bridgehead atoms. The molecule has 1 unspecified atom stereocenters. The van der Waals surface area contributed by atoms with Crippen LogP contribution >= 0.6 is 0 Å². The predicted molar refractivity (Wildman–Crippen MR) is 83.7 cm³/mol. The molecule has 0 aliphatic heterocycles. The van der Waals surface area contributed by atoms with E-state index in [9.17, 15) is 0 Å². The lowest BCUT2D eigenvalue weighted by molar-refractivity contribution is 0.377. The van der Waals surface area contributed by atoms with Crippen molar-refractivity contribution in [3.05, 3.63) is 34.9 Å². The van der Waals surface area contributed by atoms with Crippen molar-refractivity contribution in [1.82, 2.24) is 5.32 Å². The summed E-state index contributed by atoms with van der Waals surface area (Å²) in [6, 6.07) is 7.85. The maximum atomic E-state index is 3.61. The fraction of sp³-hybridized carbons (Fsp3) is 0.667. The molecule has 1 aromatic rings. The minimum absolute atomic E-state index is 0.680. The molecule has 19 heavy (non-hydrogen) atoms. The Labute approximate surface area is 118 Å². The Morgan fingerprint density at radius 2 is 1.95 bits per heavy atom. The first-order valence-electron chi connectivity index (χ1n) is 8.04. The molecule has 0 amide bonds. The molecule has 1 aliphatic rings. The molecule has 0 radical (unpaired) electrons. The summed E-state index contributed by atoms with van der Waals surface area (Å²) in [4.78, 5) is 0. The van der Waals surface area contributed by atoms with Crippen molar-refractivity contribution in [2.24, 2.45) is 5.92 Å². The van der Waals surface area contributed by atoms with E-state index in [0.29, 0.717) is 6.04 Å². The van der Waals surface area contributed by atoms with Gasteiger partial charge in [-0.2, -0.15) is 0 Å². The van der Waals surface area contributed by atoms with E-state index >= 15 is 0 Å². The lowest BCUT2D eigenvalue weighted by Gasteiger charge is -2.21. The highest BCUT2D eigenvalue weighted by atomic mass is 14.9. The number of aryl methyl sites for hydroxylation is 3. The molecule has 1 N–H and O–H groups in total. The quantitative estimate of drug-likeness (QED) is 0.776. The Bertz CT molecular complexity index is 395. The van der Waals surface area contributed by atoms with Crippen LogP contribution in [0.25, 0.3) is 0 Å². The Hall–Kier alpha value is -0.820. The predicted octanol–water partition coefficient (Wildman–Crippen LogP) is 4.13. The third-order valence-corrected chi connectivity index (χ3v) is 4.41. The second-order valence-corrected chi connectivity index (χ2v) is 6.26. The summed E-state index contributed by atoms with van der Waals surface area (Å²) < 4.78 is 0. The van der Waals surface area contributed by atoms with Gasteiger partial charge in [-0.15, -0.1) is 0 Å². The van der Waals surface area contributed by atoms with Crippen molar-refractivity contribution in [2.45, 2.75) is 65.3 Å². The zero-order chi connectivity index (χ0) is 13.7. The smallest absolute Gasteiger partial charge is 0.00900 e. The summed E-state index contributed by atoms with van der Waals surface area (Å²) in [5, 5.41) is 3.61. The third kappa shape index (κ3) is 4.07. The average molecular weight is 259 g/mol. The zero-order valence-electron chi connectivity index (χ0n) is 12.8. The first-order chi connectivity index (χ1) is 9.20. The minimum atomic E-state index is 0.680. The standard InChI is InChI=1S/C18H29N/c1-4-19-18(14(2)3)10-5-7-15-11-12-16-8-6-9-17(16)13-15/h11-14,18-19H,4-10H2,1-3H3. The van der Waals surface area contributed by atoms with Gasteiger partial charge in [0.2, 0.25) is 0 Å². The number of nitrogens with one attached hydrogen (secondary N) is 1. The number of benzene rings is 1. The van der Waals surface area contributed by atoms with Gasteiger partial charge in [0, 0.05) is 6.04 Å². The summed E-state index contributed by atoms with van der Waals surface area (Å²) in [5.74, 6) is 0.736. The number of hydrogen-bond acceptors (Lipinski definition) is 1. The van der Waals surface area contributed by atoms with Crippen LogP contribution < -0.4 is 5.32 Å². The van der Waals surface area contributed by atoms with Crippen molar-refractivity contribution in [2.75, 3.05) is 6.54 Å². The first-order valence-corrected chi connectivity index (χ1v) is 8.04. The number of rotatable bonds is 7. The van der Waals surface area contributed by atoms with Gasteiger partial charge >= 0.3 is 0 Å². The van der Waals surface area contributed by atoms with E-state index in [1.807, 2.05) is 0 Å². The van der Waals surface area contributed by atoms with Crippen LogP contribution in [0.1, 0.15) is 56.7 Å². The monoisotopic (exact) mass is 259 g/mol. The van der Waals surface area contributed by atoms with Gasteiger partial charge in [0.25, 0.3) is 0 Å². The van der Waals surface area contributed by atoms with Crippen molar-refractivity contribution >= 4 is 0 Å². The molecule has 106 valence electrons. The maximum Gasteiger partial charge on any atom is 0.00900 e. The molecule has 1 aliphatic carbocycles. The van der Waals surface area contributed by atoms with Crippen LogP contribution in [0.5, 0.6) is 0 Å². The van der Waals surface area contributed by atoms with Gasteiger partial charge in [0.15, 0.2) is 0 Å². The van der Waals surface area contributed by atoms with E-state index in [-0.39, 0.29) is 0 Å². The van der Waals surface area contributed by atoms with Crippen LogP contribution in [0, 0.1) is 5.92 Å². The van der Waals surface area contributed by atoms with Crippen LogP contribution in [0.3, 0.4) is 0 Å². The highest BCUT2D eigenvalue weighted by Crippen LogP contribution is 2.23. The van der Waals surface area contributed by atoms with Gasteiger partial charge in [-0.05, 0) is 67.7 Å². The van der Waals surface area contributed by atoms with E-state index in [4.69, 9.17) is 0 Å². The summed E-state index contributed by atoms with van der Waals surface area (Å²) in [6.07, 6.45) is 7.79. The Morgan fingerprint density at radius 1 is 1.16 bits per heavy atom. The van der Waals surface area contributed by atoms with Gasteiger partial charge in [0.05, 0.1) is 0 Å². The Balaban J connectivity index is 1.82. The molecule has 2 rings (SSSR count). The largest absolute Gasteiger partial charge is 0.314 e. The van der Waals surface area contributed by atoms with Crippen LogP contribution in [0.15, 0.2) is 18.2 Å². The third-order valence-electron chi connectivity index (χ3n) is 4.41. The van der Waals surface area contributed by atoms with Crippen LogP contribution in [-0.2, 0) is 19.3 Å². The second-order valence-electron chi connectivity index (χ2n) is 6.26. The second kappa shape index (κ2) is 7.09. The lowest BCUT2D eigenvalue weighted by atomic mass is 9.96. The van der Waals surface area contributed by atoms with E-state index in [0.717, 1.165) is 12.5 Å². The van der Waals surface area contributed by atoms with Gasteiger partial charge in [0.1, 0.15) is 0 Å². The molecule has 0 spiro atoms. The van der Waals surface area contributed by atoms with E-state index in [2.05, 4.69) is 44.3 Å². The van der Waals surface area contributed by atoms with Crippen molar-refractivity contribution in [1.29, 1.82) is 0 Å². The molecule has 0 heterocycles. The molecule has 0 saturated carbocycles. The SMILES string of the molecule is CCNC(CCCc1ccc2c(c1)CCC2)C(C)C. The fourth-order valence-electron chi connectivity index (χ4n) is 3.24. The highest BCUT2D eigenvalue weighted by molar-refractivity contribution is 5.35. The topological polar surface area (TPSA) is 12.0 Å². The van der Waals surface area contributed by atoms with Crippen LogP contribution in [0.4, 0.5) is 0 Å². The molecule has 1 atom stereocenters. The van der Waals surface area contributed by atoms with Crippen LogP contribution in [-0.4, -0.2) is 12.6 Å². The summed E-state index contributed by atoms with van der Waals surface area (Å²) in [5.41, 5.74) is 4.75. The first kappa shape index (κ1) is 14.6. The van der Waals surface area contributed by atoms with Gasteiger partial charge < -0.3 is 5.32 Å². The normalized spacial score (nSPS) is 15.8. The molecule has 1 nitrogen and oxygen atoms in total. The molecular weight excluding hydrogens is 230 g/mol. The van der Waals surface area contributed by atoms with Gasteiger partial charge in [-0.25, -0.2) is 0 Å². The van der Waals surface area contributed by atoms with Crippen molar-refractivity contribution in [3.8, 4) is 0 Å². The Kier molecular flexibility index (Phi) is 5.45. The lowest BCUT2D eigenvalue weighted by Crippen LogP contribution is -2.33. The van der Waals surface area contributed by atoms with Crippen LogP contribution in [0.2, 0.25) is 0 Å². The van der Waals surface area contributed by atoms with E-state index in [1.54, 1.807) is 16.7 Å². The maximum absolute atomic E-state index is 3.61.